The number of piperidine rings is 1. The summed E-state index contributed by atoms with van der Waals surface area (Å²) in [4.78, 5) is 13.4. The van der Waals surface area contributed by atoms with Crippen LogP contribution in [-0.2, 0) is 4.79 Å². The Balaban J connectivity index is 1.37. The Morgan fingerprint density at radius 3 is 2.79 bits per heavy atom. The van der Waals surface area contributed by atoms with Gasteiger partial charge in [-0.25, -0.2) is 0 Å². The number of ether oxygens (including phenoxy) is 1. The van der Waals surface area contributed by atoms with E-state index in [1.54, 1.807) is 7.11 Å². The first kappa shape index (κ1) is 22.6. The first-order valence-corrected chi connectivity index (χ1v) is 12.1. The average Bonchev–Trinajstić information content (AvgIpc) is 3.09. The van der Waals surface area contributed by atoms with Crippen LogP contribution in [0, 0.1) is 5.92 Å². The van der Waals surface area contributed by atoms with Crippen molar-refractivity contribution >= 4 is 11.6 Å². The lowest BCUT2D eigenvalue weighted by Gasteiger charge is -2.47. The fourth-order valence-electron chi connectivity index (χ4n) is 5.59. The average molecular weight is 457 g/mol. The van der Waals surface area contributed by atoms with Crippen molar-refractivity contribution in [2.75, 3.05) is 25.5 Å². The molecule has 0 radical (unpaired) electrons. The third-order valence-corrected chi connectivity index (χ3v) is 7.49. The quantitative estimate of drug-likeness (QED) is 0.432. The van der Waals surface area contributed by atoms with Crippen LogP contribution in [0.25, 0.3) is 0 Å². The second-order valence-electron chi connectivity index (χ2n) is 9.77. The number of carbonyl (C=O) groups excluding carboxylic acids is 1. The van der Waals surface area contributed by atoms with Crippen molar-refractivity contribution in [2.24, 2.45) is 5.92 Å². The highest BCUT2D eigenvalue weighted by atomic mass is 16.5. The molecule has 9 nitrogen and oxygen atoms in total. The zero-order valence-corrected chi connectivity index (χ0v) is 19.5. The van der Waals surface area contributed by atoms with Crippen LogP contribution in [0.1, 0.15) is 39.0 Å². The standard InChI is InChI=1S/C24H36N6O3/c1-24(32)13-4-3-5-14-29-22(31)18-15-25-23(26-16-9-11-17(33-2)12-10-16)28-21(18)30(29)20-8-6-7-19(24)27-20/h3,5,9-12,18-21,23,25-28,32H,4,6-8,13-15H2,1-2H3/b5-3-/t18?,19?,20?,21?,23?,24-/m1/s1. The molecule has 2 bridgehead atoms. The molecule has 1 aromatic rings. The van der Waals surface area contributed by atoms with Gasteiger partial charge in [0.25, 0.3) is 0 Å². The van der Waals surface area contributed by atoms with Gasteiger partial charge in [0.1, 0.15) is 12.0 Å². The lowest BCUT2D eigenvalue weighted by Crippen LogP contribution is -2.69. The van der Waals surface area contributed by atoms with Gasteiger partial charge in [0.15, 0.2) is 0 Å². The zero-order chi connectivity index (χ0) is 23.0. The number of aliphatic hydroxyl groups is 1. The van der Waals surface area contributed by atoms with Crippen molar-refractivity contribution in [3.05, 3.63) is 36.4 Å². The van der Waals surface area contributed by atoms with Crippen LogP contribution < -0.4 is 26.0 Å². The van der Waals surface area contributed by atoms with Gasteiger partial charge in [0.2, 0.25) is 5.91 Å². The fourth-order valence-corrected chi connectivity index (χ4v) is 5.59. The monoisotopic (exact) mass is 456 g/mol. The van der Waals surface area contributed by atoms with Gasteiger partial charge in [0, 0.05) is 18.3 Å². The van der Waals surface area contributed by atoms with Crippen molar-refractivity contribution in [1.29, 1.82) is 0 Å². The molecule has 9 heteroatoms. The Labute approximate surface area is 195 Å². The van der Waals surface area contributed by atoms with Crippen LogP contribution in [0.15, 0.2) is 36.4 Å². The molecule has 1 amide bonds. The third-order valence-electron chi connectivity index (χ3n) is 7.49. The molecule has 5 N–H and O–H groups in total. The van der Waals surface area contributed by atoms with E-state index in [1.165, 1.54) is 0 Å². The molecule has 3 fully saturated rings. The number of rotatable bonds is 3. The number of nitrogens with one attached hydrogen (secondary N) is 4. The molecule has 6 atom stereocenters. The number of nitrogens with zero attached hydrogens (tertiary/aromatic N) is 2. The van der Waals surface area contributed by atoms with Crippen LogP contribution in [0.5, 0.6) is 5.75 Å². The molecule has 4 heterocycles. The van der Waals surface area contributed by atoms with E-state index >= 15 is 0 Å². The van der Waals surface area contributed by atoms with Gasteiger partial charge in [-0.05, 0) is 63.3 Å². The van der Waals surface area contributed by atoms with Crippen LogP contribution in [0.3, 0.4) is 0 Å². The van der Waals surface area contributed by atoms with Crippen molar-refractivity contribution < 1.29 is 14.6 Å². The second kappa shape index (κ2) is 9.23. The van der Waals surface area contributed by atoms with E-state index in [0.29, 0.717) is 19.5 Å². The Morgan fingerprint density at radius 2 is 2.00 bits per heavy atom. The van der Waals surface area contributed by atoms with Crippen molar-refractivity contribution in [3.63, 3.8) is 0 Å². The van der Waals surface area contributed by atoms with Crippen molar-refractivity contribution in [3.8, 4) is 5.75 Å². The molecule has 0 saturated carbocycles. The van der Waals surface area contributed by atoms with Gasteiger partial charge in [0.05, 0.1) is 37.5 Å². The minimum absolute atomic E-state index is 0.00656. The van der Waals surface area contributed by atoms with Gasteiger partial charge in [-0.3, -0.25) is 25.8 Å². The summed E-state index contributed by atoms with van der Waals surface area (Å²) >= 11 is 0. The summed E-state index contributed by atoms with van der Waals surface area (Å²) in [6.07, 6.45) is 8.26. The molecule has 4 aliphatic heterocycles. The minimum Gasteiger partial charge on any atom is -0.497 e. The summed E-state index contributed by atoms with van der Waals surface area (Å²) in [5.74, 6) is 0.785. The minimum atomic E-state index is -0.776. The molecular weight excluding hydrogens is 420 g/mol. The highest BCUT2D eigenvalue weighted by molar-refractivity contribution is 5.82. The lowest BCUT2D eigenvalue weighted by atomic mass is 9.85. The molecule has 33 heavy (non-hydrogen) atoms. The molecule has 3 saturated heterocycles. The predicted molar refractivity (Wildman–Crippen MR) is 126 cm³/mol. The number of hydrogen-bond donors (Lipinski definition) is 5. The molecule has 0 aliphatic carbocycles. The molecule has 4 aliphatic rings. The topological polar surface area (TPSA) is 101 Å². The summed E-state index contributed by atoms with van der Waals surface area (Å²) in [6, 6.07) is 7.81. The third kappa shape index (κ3) is 4.48. The van der Waals surface area contributed by atoms with Gasteiger partial charge < -0.3 is 15.2 Å². The predicted octanol–water partition coefficient (Wildman–Crippen LogP) is 1.15. The lowest BCUT2D eigenvalue weighted by molar-refractivity contribution is -0.146. The smallest absolute Gasteiger partial charge is 0.244 e. The summed E-state index contributed by atoms with van der Waals surface area (Å²) in [5.41, 5.74) is 0.189. The number of allylic oxidation sites excluding steroid dienone is 1. The number of anilines is 1. The molecule has 5 unspecified atom stereocenters. The van der Waals surface area contributed by atoms with Crippen LogP contribution in [-0.4, -0.2) is 71.5 Å². The van der Waals surface area contributed by atoms with Gasteiger partial charge in [-0.1, -0.05) is 12.2 Å². The number of benzene rings is 1. The van der Waals surface area contributed by atoms with Crippen LogP contribution >= 0.6 is 0 Å². The number of methoxy groups -OCH3 is 1. The van der Waals surface area contributed by atoms with Crippen molar-refractivity contribution in [1.82, 2.24) is 26.0 Å². The van der Waals surface area contributed by atoms with E-state index in [9.17, 15) is 9.90 Å². The summed E-state index contributed by atoms with van der Waals surface area (Å²) in [7, 11) is 1.66. The van der Waals surface area contributed by atoms with E-state index < -0.39 is 5.60 Å². The maximum absolute atomic E-state index is 13.4. The Morgan fingerprint density at radius 1 is 1.18 bits per heavy atom. The molecule has 5 rings (SSSR count). The van der Waals surface area contributed by atoms with E-state index in [4.69, 9.17) is 4.74 Å². The first-order chi connectivity index (χ1) is 16.0. The van der Waals surface area contributed by atoms with E-state index in [0.717, 1.165) is 37.1 Å². The molecule has 0 spiro atoms. The van der Waals surface area contributed by atoms with Gasteiger partial charge >= 0.3 is 0 Å². The second-order valence-corrected chi connectivity index (χ2v) is 9.77. The summed E-state index contributed by atoms with van der Waals surface area (Å²) < 4.78 is 5.25. The van der Waals surface area contributed by atoms with Crippen LogP contribution in [0.4, 0.5) is 5.69 Å². The summed E-state index contributed by atoms with van der Waals surface area (Å²) in [5, 5.41) is 29.5. The van der Waals surface area contributed by atoms with E-state index in [1.807, 2.05) is 36.2 Å². The largest absolute Gasteiger partial charge is 0.497 e. The zero-order valence-electron chi connectivity index (χ0n) is 19.5. The fraction of sp³-hybridized carbons (Fsp3) is 0.625. The SMILES string of the molecule is COc1ccc(NC2NCC3C(=O)N4C/C=C\CC[C@@](C)(O)C5CCCC(N5)N4C3N2)cc1. The number of fused-ring (bicyclic) bond motifs is 6. The van der Waals surface area contributed by atoms with E-state index in [-0.39, 0.29) is 36.5 Å². The Hall–Kier alpha value is -2.17. The Bertz CT molecular complexity index is 875. The highest BCUT2D eigenvalue weighted by Crippen LogP contribution is 2.34. The number of hydrazine groups is 1. The van der Waals surface area contributed by atoms with Crippen LogP contribution in [0.2, 0.25) is 0 Å². The molecular formula is C24H36N6O3. The first-order valence-electron chi connectivity index (χ1n) is 12.1. The van der Waals surface area contributed by atoms with Crippen molar-refractivity contribution in [2.45, 2.75) is 69.3 Å². The number of amides is 1. The number of carbonyl (C=O) groups is 1. The highest BCUT2D eigenvalue weighted by Gasteiger charge is 2.52. The Kier molecular flexibility index (Phi) is 6.32. The maximum atomic E-state index is 13.4. The van der Waals surface area contributed by atoms with Gasteiger partial charge in [-0.2, -0.15) is 5.01 Å². The van der Waals surface area contributed by atoms with E-state index in [2.05, 4.69) is 38.4 Å². The van der Waals surface area contributed by atoms with Gasteiger partial charge in [-0.15, -0.1) is 0 Å². The molecule has 1 aromatic carbocycles. The number of hydrogen-bond acceptors (Lipinski definition) is 8. The summed E-state index contributed by atoms with van der Waals surface area (Å²) in [6.45, 7) is 3.08. The molecule has 0 aromatic heterocycles. The molecule has 180 valence electrons. The normalized spacial score (nSPS) is 38.1. The maximum Gasteiger partial charge on any atom is 0.244 e.